The molecule has 2 aliphatic rings. The SMILES string of the molecule is Clc1ccc2c(c1)CCC[C@@H]1O[C@@H]21. The fraction of sp³-hybridized carbons (Fsp3) is 0.455. The van der Waals surface area contributed by atoms with E-state index in [4.69, 9.17) is 16.3 Å². The van der Waals surface area contributed by atoms with E-state index < -0.39 is 0 Å². The van der Waals surface area contributed by atoms with E-state index in [9.17, 15) is 0 Å². The number of hydrogen-bond acceptors (Lipinski definition) is 1. The molecule has 1 aromatic rings. The van der Waals surface area contributed by atoms with E-state index in [0.717, 1.165) is 11.4 Å². The predicted octanol–water partition coefficient (Wildman–Crippen LogP) is 3.12. The van der Waals surface area contributed by atoms with E-state index in [0.29, 0.717) is 12.2 Å². The molecule has 0 radical (unpaired) electrons. The number of aryl methyl sites for hydroxylation is 1. The number of epoxide rings is 1. The summed E-state index contributed by atoms with van der Waals surface area (Å²) in [6, 6.07) is 6.17. The van der Waals surface area contributed by atoms with Crippen LogP contribution in [0.5, 0.6) is 0 Å². The fourth-order valence-corrected chi connectivity index (χ4v) is 2.39. The van der Waals surface area contributed by atoms with E-state index in [1.165, 1.54) is 24.0 Å². The molecule has 0 saturated carbocycles. The summed E-state index contributed by atoms with van der Waals surface area (Å²) >= 11 is 5.95. The first kappa shape index (κ1) is 7.84. The maximum absolute atomic E-state index is 5.95. The van der Waals surface area contributed by atoms with E-state index in [-0.39, 0.29) is 0 Å². The molecule has 0 bridgehead atoms. The minimum atomic E-state index is 0.384. The Morgan fingerprint density at radius 3 is 3.23 bits per heavy atom. The number of rotatable bonds is 0. The Bertz CT molecular complexity index is 348. The summed E-state index contributed by atoms with van der Waals surface area (Å²) < 4.78 is 5.58. The van der Waals surface area contributed by atoms with Gasteiger partial charge in [0, 0.05) is 5.02 Å². The lowest BCUT2D eigenvalue weighted by Gasteiger charge is -2.05. The van der Waals surface area contributed by atoms with E-state index in [1.54, 1.807) is 0 Å². The van der Waals surface area contributed by atoms with Gasteiger partial charge in [-0.25, -0.2) is 0 Å². The Hall–Kier alpha value is -0.530. The van der Waals surface area contributed by atoms with Gasteiger partial charge in [-0.1, -0.05) is 17.7 Å². The Morgan fingerprint density at radius 1 is 1.38 bits per heavy atom. The average molecular weight is 195 g/mol. The minimum absolute atomic E-state index is 0.384. The number of halogens is 1. The van der Waals surface area contributed by atoms with Crippen LogP contribution in [0.3, 0.4) is 0 Å². The number of hydrogen-bond donors (Lipinski definition) is 0. The molecule has 0 amide bonds. The first-order chi connectivity index (χ1) is 6.34. The molecule has 1 aliphatic carbocycles. The fourth-order valence-electron chi connectivity index (χ4n) is 2.20. The van der Waals surface area contributed by atoms with Crippen molar-refractivity contribution in [1.82, 2.24) is 0 Å². The smallest absolute Gasteiger partial charge is 0.109 e. The van der Waals surface area contributed by atoms with Crippen molar-refractivity contribution in [3.8, 4) is 0 Å². The lowest BCUT2D eigenvalue weighted by atomic mass is 10.0. The number of ether oxygens (including phenoxy) is 1. The molecule has 1 heterocycles. The highest BCUT2D eigenvalue weighted by Crippen LogP contribution is 2.45. The summed E-state index contributed by atoms with van der Waals surface area (Å²) in [5, 5.41) is 0.845. The van der Waals surface area contributed by atoms with Crippen molar-refractivity contribution in [2.24, 2.45) is 0 Å². The topological polar surface area (TPSA) is 12.5 Å². The Morgan fingerprint density at radius 2 is 2.31 bits per heavy atom. The van der Waals surface area contributed by atoms with E-state index >= 15 is 0 Å². The molecule has 13 heavy (non-hydrogen) atoms. The Kier molecular flexibility index (Phi) is 1.64. The largest absolute Gasteiger partial charge is 0.364 e. The van der Waals surface area contributed by atoms with Crippen LogP contribution in [0.1, 0.15) is 30.1 Å². The summed E-state index contributed by atoms with van der Waals surface area (Å²) in [6.45, 7) is 0. The molecule has 68 valence electrons. The zero-order chi connectivity index (χ0) is 8.84. The normalized spacial score (nSPS) is 30.2. The summed E-state index contributed by atoms with van der Waals surface area (Å²) in [5.41, 5.74) is 2.75. The van der Waals surface area contributed by atoms with Gasteiger partial charge in [0.1, 0.15) is 6.10 Å². The monoisotopic (exact) mass is 194 g/mol. The second-order valence-corrected chi connectivity index (χ2v) is 4.27. The molecular weight excluding hydrogens is 184 g/mol. The molecule has 0 spiro atoms. The minimum Gasteiger partial charge on any atom is -0.364 e. The maximum atomic E-state index is 5.95. The first-order valence-electron chi connectivity index (χ1n) is 4.78. The molecule has 1 aromatic carbocycles. The van der Waals surface area contributed by atoms with Gasteiger partial charge in [-0.05, 0) is 42.5 Å². The lowest BCUT2D eigenvalue weighted by molar-refractivity contribution is 0.357. The molecule has 0 aromatic heterocycles. The molecular formula is C11H11ClO. The van der Waals surface area contributed by atoms with Gasteiger partial charge in [0.05, 0.1) is 6.10 Å². The molecule has 2 atom stereocenters. The average Bonchev–Trinajstić information content (AvgIpc) is 2.82. The maximum Gasteiger partial charge on any atom is 0.109 e. The van der Waals surface area contributed by atoms with Gasteiger partial charge >= 0.3 is 0 Å². The van der Waals surface area contributed by atoms with Crippen LogP contribution in [0.2, 0.25) is 5.02 Å². The number of fused-ring (bicyclic) bond motifs is 3. The van der Waals surface area contributed by atoms with Gasteiger partial charge in [0.15, 0.2) is 0 Å². The van der Waals surface area contributed by atoms with E-state index in [1.807, 2.05) is 6.07 Å². The molecule has 0 unspecified atom stereocenters. The van der Waals surface area contributed by atoms with Gasteiger partial charge in [-0.2, -0.15) is 0 Å². The van der Waals surface area contributed by atoms with Crippen LogP contribution >= 0.6 is 11.6 Å². The summed E-state index contributed by atoms with van der Waals surface area (Å²) in [4.78, 5) is 0. The van der Waals surface area contributed by atoms with Gasteiger partial charge in [-0.15, -0.1) is 0 Å². The molecule has 3 rings (SSSR count). The first-order valence-corrected chi connectivity index (χ1v) is 5.16. The third kappa shape index (κ3) is 1.27. The van der Waals surface area contributed by atoms with Gasteiger partial charge < -0.3 is 4.74 Å². The van der Waals surface area contributed by atoms with Crippen LogP contribution in [0.15, 0.2) is 18.2 Å². The van der Waals surface area contributed by atoms with Crippen molar-refractivity contribution in [3.05, 3.63) is 34.3 Å². The summed E-state index contributed by atoms with van der Waals surface area (Å²) in [7, 11) is 0. The molecule has 1 saturated heterocycles. The third-order valence-corrected chi connectivity index (χ3v) is 3.16. The molecule has 1 fully saturated rings. The van der Waals surface area contributed by atoms with Crippen LogP contribution in [0.4, 0.5) is 0 Å². The molecule has 1 nitrogen and oxygen atoms in total. The van der Waals surface area contributed by atoms with Crippen LogP contribution < -0.4 is 0 Å². The standard InChI is InChI=1S/C11H11ClO/c12-8-4-5-9-7(6-8)2-1-3-10-11(9)13-10/h4-6,10-11H,1-3H2/t10-,11-/m0/s1. The second kappa shape index (κ2) is 2.73. The van der Waals surface area contributed by atoms with Crippen molar-refractivity contribution in [2.45, 2.75) is 31.5 Å². The molecule has 0 N–H and O–H groups in total. The third-order valence-electron chi connectivity index (χ3n) is 2.93. The number of benzene rings is 1. The van der Waals surface area contributed by atoms with Crippen molar-refractivity contribution < 1.29 is 4.74 Å². The predicted molar refractivity (Wildman–Crippen MR) is 52.0 cm³/mol. The lowest BCUT2D eigenvalue weighted by Crippen LogP contribution is -1.90. The van der Waals surface area contributed by atoms with Gasteiger partial charge in [-0.3, -0.25) is 0 Å². The van der Waals surface area contributed by atoms with E-state index in [2.05, 4.69) is 12.1 Å². The summed E-state index contributed by atoms with van der Waals surface area (Å²) in [6.07, 6.45) is 4.48. The zero-order valence-corrected chi connectivity index (χ0v) is 8.05. The van der Waals surface area contributed by atoms with Gasteiger partial charge in [0.25, 0.3) is 0 Å². The zero-order valence-electron chi connectivity index (χ0n) is 7.29. The van der Waals surface area contributed by atoms with Crippen LogP contribution in [0, 0.1) is 0 Å². The van der Waals surface area contributed by atoms with Crippen LogP contribution in [-0.2, 0) is 11.2 Å². The highest BCUT2D eigenvalue weighted by Gasteiger charge is 2.42. The van der Waals surface area contributed by atoms with Crippen molar-refractivity contribution in [2.75, 3.05) is 0 Å². The summed E-state index contributed by atoms with van der Waals surface area (Å²) in [5.74, 6) is 0. The van der Waals surface area contributed by atoms with Crippen molar-refractivity contribution >= 4 is 11.6 Å². The van der Waals surface area contributed by atoms with Crippen LogP contribution in [-0.4, -0.2) is 6.10 Å². The Labute approximate surface area is 82.7 Å². The quantitative estimate of drug-likeness (QED) is 0.579. The highest BCUT2D eigenvalue weighted by molar-refractivity contribution is 6.30. The molecule has 2 heteroatoms. The molecule has 1 aliphatic heterocycles. The van der Waals surface area contributed by atoms with Gasteiger partial charge in [0.2, 0.25) is 0 Å². The van der Waals surface area contributed by atoms with Crippen molar-refractivity contribution in [3.63, 3.8) is 0 Å². The Balaban J connectivity index is 2.08. The van der Waals surface area contributed by atoms with Crippen molar-refractivity contribution in [1.29, 1.82) is 0 Å². The highest BCUT2D eigenvalue weighted by atomic mass is 35.5. The van der Waals surface area contributed by atoms with Crippen LogP contribution in [0.25, 0.3) is 0 Å². The second-order valence-electron chi connectivity index (χ2n) is 3.83.